The maximum atomic E-state index is 4.21. The molecule has 0 atom stereocenters. The van der Waals surface area contributed by atoms with Crippen molar-refractivity contribution in [3.8, 4) is 0 Å². The van der Waals surface area contributed by atoms with Gasteiger partial charge in [0.1, 0.15) is 5.70 Å². The van der Waals surface area contributed by atoms with Crippen molar-refractivity contribution in [2.45, 2.75) is 5.03 Å². The topological polar surface area (TPSA) is 45.5 Å². The summed E-state index contributed by atoms with van der Waals surface area (Å²) in [6.07, 6.45) is 3.45. The van der Waals surface area contributed by atoms with Crippen molar-refractivity contribution < 1.29 is 28.5 Å². The number of aromatic nitrogens is 4. The minimum Gasteiger partial charge on any atom is -1.00 e. The van der Waals surface area contributed by atoms with Crippen LogP contribution in [-0.2, 0) is 0 Å². The van der Waals surface area contributed by atoms with Crippen molar-refractivity contribution in [1.82, 2.24) is 15.0 Å². The number of rotatable bonds is 0. The van der Waals surface area contributed by atoms with Gasteiger partial charge in [0.25, 0.3) is 12.0 Å². The van der Waals surface area contributed by atoms with Crippen molar-refractivity contribution in [2.75, 3.05) is 5.75 Å². The number of hydrogen-bond donors (Lipinski definition) is 1. The van der Waals surface area contributed by atoms with Crippen molar-refractivity contribution >= 4 is 28.6 Å². The summed E-state index contributed by atoms with van der Waals surface area (Å²) in [5.41, 5.74) is 2.85. The first kappa shape index (κ1) is 9.91. The Labute approximate surface area is 102 Å². The molecule has 1 N–H and O–H groups in total. The van der Waals surface area contributed by atoms with Crippen molar-refractivity contribution in [3.63, 3.8) is 0 Å². The van der Waals surface area contributed by atoms with E-state index in [1.54, 1.807) is 24.4 Å². The first-order valence-corrected chi connectivity index (χ1v) is 4.89. The van der Waals surface area contributed by atoms with Gasteiger partial charge in [0.05, 0.1) is 12.1 Å². The Morgan fingerprint density at radius 1 is 1.50 bits per heavy atom. The molecule has 0 radical (unpaired) electrons. The lowest BCUT2D eigenvalue weighted by Gasteiger charge is -1.92. The molecule has 72 valence electrons. The number of thioether (sulfide) groups is 1. The number of nitrogens with zero attached hydrogens (tertiary/aromatic N) is 3. The molecule has 0 saturated heterocycles. The molecule has 0 aromatic carbocycles. The van der Waals surface area contributed by atoms with Gasteiger partial charge >= 0.3 is 0 Å². The maximum Gasteiger partial charge on any atom is 0.296 e. The Balaban J connectivity index is 0.000000750. The summed E-state index contributed by atoms with van der Waals surface area (Å²) >= 11 is 1.76. The van der Waals surface area contributed by atoms with Crippen molar-refractivity contribution in [1.29, 1.82) is 0 Å². The first-order valence-electron chi connectivity index (χ1n) is 3.91. The molecule has 0 fully saturated rings. The fourth-order valence-corrected chi connectivity index (χ4v) is 2.47. The second-order valence-electron chi connectivity index (χ2n) is 2.88. The zero-order valence-corrected chi connectivity index (χ0v) is 10.2. The van der Waals surface area contributed by atoms with Crippen LogP contribution in [-0.4, -0.2) is 20.7 Å². The Kier molecular flexibility index (Phi) is 2.48. The Bertz CT molecular complexity index is 507. The SMILES string of the molecule is C=C1CSc2c3[nH]cnc3nc[n+]21.[I-]. The lowest BCUT2D eigenvalue weighted by atomic mass is 10.5. The van der Waals surface area contributed by atoms with Gasteiger partial charge < -0.3 is 29.0 Å². The molecule has 0 saturated carbocycles. The predicted octanol–water partition coefficient (Wildman–Crippen LogP) is -2.17. The Morgan fingerprint density at radius 3 is 3.21 bits per heavy atom. The first-order chi connectivity index (χ1) is 6.36. The van der Waals surface area contributed by atoms with Crippen LogP contribution < -0.4 is 28.5 Å². The van der Waals surface area contributed by atoms with E-state index in [-0.39, 0.29) is 24.0 Å². The van der Waals surface area contributed by atoms with Crippen LogP contribution in [0.3, 0.4) is 0 Å². The predicted molar refractivity (Wildman–Crippen MR) is 50.1 cm³/mol. The Morgan fingerprint density at radius 2 is 2.36 bits per heavy atom. The standard InChI is InChI=1S/C8H6N4S.HI/c1-5-2-13-8-6-7(10-3-9-6)11-4-12(5)8;/h3-4H,1-2H2;1H. The molecule has 1 aliphatic rings. The average Bonchev–Trinajstić information content (AvgIpc) is 2.70. The molecule has 3 rings (SSSR count). The van der Waals surface area contributed by atoms with E-state index in [9.17, 15) is 0 Å². The number of H-pyrrole nitrogens is 1. The summed E-state index contributed by atoms with van der Waals surface area (Å²) in [4.78, 5) is 11.4. The maximum absolute atomic E-state index is 4.21. The van der Waals surface area contributed by atoms with Crippen molar-refractivity contribution in [2.24, 2.45) is 0 Å². The van der Waals surface area contributed by atoms with E-state index in [1.165, 1.54) is 0 Å². The van der Waals surface area contributed by atoms with Crippen LogP contribution in [0.1, 0.15) is 0 Å². The molecule has 2 aromatic heterocycles. The van der Waals surface area contributed by atoms with E-state index in [1.807, 2.05) is 4.57 Å². The lowest BCUT2D eigenvalue weighted by Crippen LogP contribution is -3.00. The molecule has 14 heavy (non-hydrogen) atoms. The van der Waals surface area contributed by atoms with Crippen LogP contribution in [0.15, 0.2) is 24.3 Å². The molecule has 2 aromatic rings. The normalized spacial score (nSPS) is 14.1. The zero-order valence-electron chi connectivity index (χ0n) is 7.20. The highest BCUT2D eigenvalue weighted by atomic mass is 127. The van der Waals surface area contributed by atoms with Crippen LogP contribution in [0.2, 0.25) is 0 Å². The van der Waals surface area contributed by atoms with Gasteiger partial charge in [0, 0.05) is 0 Å². The highest BCUT2D eigenvalue weighted by molar-refractivity contribution is 7.99. The summed E-state index contributed by atoms with van der Waals surface area (Å²) < 4.78 is 2.01. The Hall–Kier alpha value is -0.630. The summed E-state index contributed by atoms with van der Waals surface area (Å²) in [5.74, 6) is 0.930. The monoisotopic (exact) mass is 318 g/mol. The van der Waals surface area contributed by atoms with E-state index < -0.39 is 0 Å². The third kappa shape index (κ3) is 1.24. The molecule has 0 bridgehead atoms. The molecule has 1 aliphatic heterocycles. The zero-order chi connectivity index (χ0) is 8.84. The van der Waals surface area contributed by atoms with Gasteiger partial charge in [-0.1, -0.05) is 18.3 Å². The van der Waals surface area contributed by atoms with Gasteiger partial charge in [0.15, 0.2) is 10.5 Å². The number of fused-ring (bicyclic) bond motifs is 3. The van der Waals surface area contributed by atoms with Gasteiger partial charge in [-0.25, -0.2) is 0 Å². The summed E-state index contributed by atoms with van der Waals surface area (Å²) in [6.45, 7) is 3.95. The van der Waals surface area contributed by atoms with Crippen LogP contribution in [0, 0.1) is 0 Å². The lowest BCUT2D eigenvalue weighted by molar-refractivity contribution is -0.618. The molecule has 3 heterocycles. The molecule has 0 amide bonds. The minimum absolute atomic E-state index is 0. The molecule has 4 nitrogen and oxygen atoms in total. The van der Waals surface area contributed by atoms with Crippen LogP contribution in [0.4, 0.5) is 0 Å². The highest BCUT2D eigenvalue weighted by Crippen LogP contribution is 2.28. The largest absolute Gasteiger partial charge is 1.00 e. The highest BCUT2D eigenvalue weighted by Gasteiger charge is 2.25. The van der Waals surface area contributed by atoms with Crippen LogP contribution in [0.25, 0.3) is 16.9 Å². The van der Waals surface area contributed by atoms with Gasteiger partial charge in [-0.15, -0.1) is 0 Å². The van der Waals surface area contributed by atoms with Crippen LogP contribution in [0.5, 0.6) is 0 Å². The quantitative estimate of drug-likeness (QED) is 0.342. The van der Waals surface area contributed by atoms with E-state index in [2.05, 4.69) is 21.5 Å². The molecule has 0 spiro atoms. The number of halogens is 1. The van der Waals surface area contributed by atoms with E-state index in [0.717, 1.165) is 27.6 Å². The van der Waals surface area contributed by atoms with E-state index >= 15 is 0 Å². The fourth-order valence-electron chi connectivity index (χ4n) is 1.42. The molecule has 0 unspecified atom stereocenters. The van der Waals surface area contributed by atoms with Gasteiger partial charge in [0.2, 0.25) is 0 Å². The second kappa shape index (κ2) is 3.50. The molecular weight excluding hydrogens is 311 g/mol. The fraction of sp³-hybridized carbons (Fsp3) is 0.125. The molecule has 0 aliphatic carbocycles. The van der Waals surface area contributed by atoms with Gasteiger partial charge in [-0.05, 0) is 4.98 Å². The summed E-state index contributed by atoms with van der Waals surface area (Å²) in [5, 5.41) is 1.16. The van der Waals surface area contributed by atoms with Gasteiger partial charge in [-0.2, -0.15) is 9.55 Å². The third-order valence-corrected chi connectivity index (χ3v) is 3.22. The number of hydrogen-bond acceptors (Lipinski definition) is 3. The number of aromatic amines is 1. The third-order valence-electron chi connectivity index (χ3n) is 2.06. The number of nitrogens with one attached hydrogen (secondary N) is 1. The van der Waals surface area contributed by atoms with Crippen molar-refractivity contribution in [3.05, 3.63) is 19.2 Å². The number of imidazole rings is 1. The molecule has 6 heteroatoms. The summed E-state index contributed by atoms with van der Waals surface area (Å²) in [7, 11) is 0. The van der Waals surface area contributed by atoms with E-state index in [0.29, 0.717) is 0 Å². The van der Waals surface area contributed by atoms with Crippen LogP contribution >= 0.6 is 11.8 Å². The summed E-state index contributed by atoms with van der Waals surface area (Å²) in [6, 6.07) is 0. The smallest absolute Gasteiger partial charge is 0.296 e. The molecular formula is C8H7IN4S. The van der Waals surface area contributed by atoms with E-state index in [4.69, 9.17) is 0 Å². The van der Waals surface area contributed by atoms with Gasteiger partial charge in [-0.3, -0.25) is 0 Å². The minimum atomic E-state index is 0. The average molecular weight is 318 g/mol. The second-order valence-corrected chi connectivity index (χ2v) is 3.84.